The Morgan fingerprint density at radius 3 is 2.52 bits per heavy atom. The number of ether oxygens (including phenoxy) is 3. The van der Waals surface area contributed by atoms with Gasteiger partial charge in [0.15, 0.2) is 18.2 Å². The van der Waals surface area contributed by atoms with Crippen molar-refractivity contribution >= 4 is 11.7 Å². The molecule has 3 rings (SSSR count). The van der Waals surface area contributed by atoms with Crippen LogP contribution in [-0.2, 0) is 14.3 Å². The maximum absolute atomic E-state index is 12.6. The van der Waals surface area contributed by atoms with E-state index < -0.39 is 6.10 Å². The molecule has 6 heteroatoms. The summed E-state index contributed by atoms with van der Waals surface area (Å²) >= 11 is 0. The number of rotatable bonds is 5. The van der Waals surface area contributed by atoms with Crippen LogP contribution in [-0.4, -0.2) is 55.3 Å². The number of benzene rings is 1. The van der Waals surface area contributed by atoms with Gasteiger partial charge in [-0.2, -0.15) is 0 Å². The minimum atomic E-state index is -0.585. The molecule has 6 nitrogen and oxygen atoms in total. The second-order valence-electron chi connectivity index (χ2n) is 6.62. The van der Waals surface area contributed by atoms with Crippen molar-refractivity contribution in [2.45, 2.75) is 39.1 Å². The Morgan fingerprint density at radius 2 is 1.88 bits per heavy atom. The zero-order chi connectivity index (χ0) is 17.8. The maximum atomic E-state index is 12.6. The Morgan fingerprint density at radius 1 is 1.20 bits per heavy atom. The summed E-state index contributed by atoms with van der Waals surface area (Å²) in [5, 5.41) is 0. The van der Waals surface area contributed by atoms with Crippen LogP contribution >= 0.6 is 0 Å². The SMILES string of the molecule is CC(=O)c1cccc(OC(C)C(=O)N2CCC(C3OCCO3)CC2)c1. The number of carbonyl (C=O) groups excluding carboxylic acids is 2. The van der Waals surface area contributed by atoms with Crippen LogP contribution in [0.25, 0.3) is 0 Å². The first-order valence-electron chi connectivity index (χ1n) is 8.84. The predicted octanol–water partition coefficient (Wildman–Crippen LogP) is 2.27. The molecule has 0 saturated carbocycles. The highest BCUT2D eigenvalue weighted by Crippen LogP contribution is 2.26. The van der Waals surface area contributed by atoms with Gasteiger partial charge < -0.3 is 19.1 Å². The van der Waals surface area contributed by atoms with Gasteiger partial charge in [-0.15, -0.1) is 0 Å². The molecule has 1 aromatic rings. The van der Waals surface area contributed by atoms with Gasteiger partial charge in [-0.3, -0.25) is 9.59 Å². The first-order chi connectivity index (χ1) is 12.0. The van der Waals surface area contributed by atoms with Crippen LogP contribution in [0.2, 0.25) is 0 Å². The number of Topliss-reactive ketones (excluding diaryl/α,β-unsaturated/α-hetero) is 1. The van der Waals surface area contributed by atoms with Crippen molar-refractivity contribution in [3.05, 3.63) is 29.8 Å². The number of ketones is 1. The molecule has 136 valence electrons. The molecule has 2 heterocycles. The van der Waals surface area contributed by atoms with Gasteiger partial charge in [-0.05, 0) is 38.8 Å². The van der Waals surface area contributed by atoms with Crippen LogP contribution in [0, 0.1) is 5.92 Å². The number of hydrogen-bond donors (Lipinski definition) is 0. The molecular formula is C19H25NO5. The average Bonchev–Trinajstić information content (AvgIpc) is 3.16. The van der Waals surface area contributed by atoms with Crippen molar-refractivity contribution in [1.29, 1.82) is 0 Å². The topological polar surface area (TPSA) is 65.1 Å². The molecule has 1 unspecified atom stereocenters. The van der Waals surface area contributed by atoms with E-state index in [9.17, 15) is 9.59 Å². The van der Waals surface area contributed by atoms with Crippen LogP contribution in [0.5, 0.6) is 5.75 Å². The molecule has 2 aliphatic rings. The third-order valence-electron chi connectivity index (χ3n) is 4.78. The lowest BCUT2D eigenvalue weighted by Gasteiger charge is -2.35. The average molecular weight is 347 g/mol. The van der Waals surface area contributed by atoms with E-state index in [0.717, 1.165) is 12.8 Å². The monoisotopic (exact) mass is 347 g/mol. The van der Waals surface area contributed by atoms with Gasteiger partial charge in [0.1, 0.15) is 5.75 Å². The van der Waals surface area contributed by atoms with Gasteiger partial charge in [0.25, 0.3) is 5.91 Å². The van der Waals surface area contributed by atoms with Gasteiger partial charge >= 0.3 is 0 Å². The number of hydrogen-bond acceptors (Lipinski definition) is 5. The first-order valence-corrected chi connectivity index (χ1v) is 8.84. The molecule has 1 atom stereocenters. The van der Waals surface area contributed by atoms with Crippen molar-refractivity contribution in [2.24, 2.45) is 5.92 Å². The largest absolute Gasteiger partial charge is 0.481 e. The molecule has 0 spiro atoms. The lowest BCUT2D eigenvalue weighted by Crippen LogP contribution is -2.46. The quantitative estimate of drug-likeness (QED) is 0.765. The Balaban J connectivity index is 1.52. The van der Waals surface area contributed by atoms with Crippen LogP contribution < -0.4 is 4.74 Å². The fourth-order valence-electron chi connectivity index (χ4n) is 3.34. The van der Waals surface area contributed by atoms with E-state index in [2.05, 4.69) is 0 Å². The van der Waals surface area contributed by atoms with Crippen LogP contribution in [0.3, 0.4) is 0 Å². The summed E-state index contributed by atoms with van der Waals surface area (Å²) in [5.74, 6) is 0.842. The smallest absolute Gasteiger partial charge is 0.263 e. The molecule has 2 fully saturated rings. The molecule has 0 N–H and O–H groups in total. The van der Waals surface area contributed by atoms with Gasteiger partial charge in [0.05, 0.1) is 13.2 Å². The third kappa shape index (κ3) is 4.38. The lowest BCUT2D eigenvalue weighted by atomic mass is 9.96. The summed E-state index contributed by atoms with van der Waals surface area (Å²) in [6, 6.07) is 6.93. The van der Waals surface area contributed by atoms with Crippen LogP contribution in [0.1, 0.15) is 37.0 Å². The highest BCUT2D eigenvalue weighted by molar-refractivity contribution is 5.94. The molecule has 1 amide bonds. The zero-order valence-electron chi connectivity index (χ0n) is 14.8. The number of nitrogens with zero attached hydrogens (tertiary/aromatic N) is 1. The Labute approximate surface area is 148 Å². The Bertz CT molecular complexity index is 618. The fourth-order valence-corrected chi connectivity index (χ4v) is 3.34. The summed E-state index contributed by atoms with van der Waals surface area (Å²) in [7, 11) is 0. The van der Waals surface area contributed by atoms with E-state index in [4.69, 9.17) is 14.2 Å². The van der Waals surface area contributed by atoms with Gasteiger partial charge in [-0.1, -0.05) is 12.1 Å². The minimum Gasteiger partial charge on any atom is -0.481 e. The van der Waals surface area contributed by atoms with Crippen molar-refractivity contribution in [3.8, 4) is 5.75 Å². The Kier molecular flexibility index (Phi) is 5.71. The minimum absolute atomic E-state index is 0.0251. The second kappa shape index (κ2) is 7.97. The zero-order valence-corrected chi connectivity index (χ0v) is 14.8. The van der Waals surface area contributed by atoms with E-state index >= 15 is 0 Å². The lowest BCUT2D eigenvalue weighted by molar-refractivity contribution is -0.143. The molecule has 25 heavy (non-hydrogen) atoms. The summed E-state index contributed by atoms with van der Waals surface area (Å²) in [6.45, 7) is 5.96. The highest BCUT2D eigenvalue weighted by atomic mass is 16.7. The molecule has 0 aliphatic carbocycles. The summed E-state index contributed by atoms with van der Waals surface area (Å²) in [4.78, 5) is 25.9. The number of likely N-dealkylation sites (tertiary alicyclic amines) is 1. The Hall–Kier alpha value is -1.92. The van der Waals surface area contributed by atoms with E-state index in [1.807, 2.05) is 4.90 Å². The normalized spacial score (nSPS) is 20.5. The van der Waals surface area contributed by atoms with E-state index in [1.165, 1.54) is 6.92 Å². The number of amides is 1. The molecule has 0 aromatic heterocycles. The molecule has 0 radical (unpaired) electrons. The van der Waals surface area contributed by atoms with Gasteiger partial charge in [0, 0.05) is 24.6 Å². The molecule has 1 aromatic carbocycles. The molecule has 0 bridgehead atoms. The predicted molar refractivity (Wildman–Crippen MR) is 91.5 cm³/mol. The summed E-state index contributed by atoms with van der Waals surface area (Å²) in [6.07, 6.45) is 1.06. The van der Waals surface area contributed by atoms with Crippen molar-refractivity contribution < 1.29 is 23.8 Å². The van der Waals surface area contributed by atoms with Crippen molar-refractivity contribution in [2.75, 3.05) is 26.3 Å². The van der Waals surface area contributed by atoms with Crippen LogP contribution in [0.4, 0.5) is 0 Å². The standard InChI is InChI=1S/C19H25NO5/c1-13(21)16-4-3-5-17(12-16)25-14(2)18(22)20-8-6-15(7-9-20)19-23-10-11-24-19/h3-5,12,14-15,19H,6-11H2,1-2H3. The van der Waals surface area contributed by atoms with Crippen LogP contribution in [0.15, 0.2) is 24.3 Å². The van der Waals surface area contributed by atoms with Crippen molar-refractivity contribution in [3.63, 3.8) is 0 Å². The maximum Gasteiger partial charge on any atom is 0.263 e. The molecule has 2 aliphatic heterocycles. The second-order valence-corrected chi connectivity index (χ2v) is 6.62. The van der Waals surface area contributed by atoms with E-state index in [0.29, 0.717) is 43.5 Å². The number of carbonyl (C=O) groups is 2. The molecular weight excluding hydrogens is 322 g/mol. The summed E-state index contributed by atoms with van der Waals surface area (Å²) in [5.41, 5.74) is 0.578. The number of piperidine rings is 1. The third-order valence-corrected chi connectivity index (χ3v) is 4.78. The molecule has 2 saturated heterocycles. The van der Waals surface area contributed by atoms with Gasteiger partial charge in [0.2, 0.25) is 0 Å². The van der Waals surface area contributed by atoms with E-state index in [1.54, 1.807) is 31.2 Å². The fraction of sp³-hybridized carbons (Fsp3) is 0.579. The van der Waals surface area contributed by atoms with Crippen molar-refractivity contribution in [1.82, 2.24) is 4.90 Å². The van der Waals surface area contributed by atoms with E-state index in [-0.39, 0.29) is 18.0 Å². The highest BCUT2D eigenvalue weighted by Gasteiger charge is 2.33. The van der Waals surface area contributed by atoms with Gasteiger partial charge in [-0.25, -0.2) is 0 Å². The first kappa shape index (κ1) is 17.9. The summed E-state index contributed by atoms with van der Waals surface area (Å²) < 4.78 is 16.9.